The van der Waals surface area contributed by atoms with Gasteiger partial charge in [0.05, 0.1) is 6.04 Å². The topological polar surface area (TPSA) is 26.0 Å². The lowest BCUT2D eigenvalue weighted by atomic mass is 10.0. The molecule has 1 unspecified atom stereocenters. The second-order valence-electron chi connectivity index (χ2n) is 4.06. The Bertz CT molecular complexity index is 548. The van der Waals surface area contributed by atoms with E-state index in [4.69, 9.17) is 5.73 Å². The van der Waals surface area contributed by atoms with Crippen molar-refractivity contribution in [1.82, 2.24) is 0 Å². The third-order valence-electron chi connectivity index (χ3n) is 2.67. The van der Waals surface area contributed by atoms with E-state index in [0.29, 0.717) is 0 Å². The summed E-state index contributed by atoms with van der Waals surface area (Å²) in [6.45, 7) is 4.17. The second kappa shape index (κ2) is 5.22. The molecule has 1 aromatic heterocycles. The molecule has 2 aromatic rings. The van der Waals surface area contributed by atoms with Crippen LogP contribution in [0, 0.1) is 13.8 Å². The molecule has 0 saturated carbocycles. The summed E-state index contributed by atoms with van der Waals surface area (Å²) in [4.78, 5) is 2.45. The maximum absolute atomic E-state index is 6.31. The first-order chi connectivity index (χ1) is 7.99. The summed E-state index contributed by atoms with van der Waals surface area (Å²) in [7, 11) is 0. The molecule has 4 heteroatoms. The van der Waals surface area contributed by atoms with E-state index in [1.54, 1.807) is 11.3 Å². The lowest BCUT2D eigenvalue weighted by Crippen LogP contribution is -2.10. The first-order valence-corrected chi connectivity index (χ1v) is 7.66. The Morgan fingerprint density at radius 1 is 1.12 bits per heavy atom. The van der Waals surface area contributed by atoms with E-state index in [2.05, 4.69) is 70.0 Å². The fourth-order valence-electron chi connectivity index (χ4n) is 1.67. The van der Waals surface area contributed by atoms with Gasteiger partial charge in [0.15, 0.2) is 0 Å². The normalized spacial score (nSPS) is 12.8. The van der Waals surface area contributed by atoms with Gasteiger partial charge in [-0.25, -0.2) is 0 Å². The molecule has 0 bridgehead atoms. The highest BCUT2D eigenvalue weighted by molar-refractivity contribution is 9.10. The number of hydrogen-bond acceptors (Lipinski definition) is 2. The van der Waals surface area contributed by atoms with Gasteiger partial charge in [0.2, 0.25) is 0 Å². The molecule has 0 fully saturated rings. The van der Waals surface area contributed by atoms with E-state index < -0.39 is 0 Å². The van der Waals surface area contributed by atoms with Gasteiger partial charge in [0.25, 0.3) is 0 Å². The average Bonchev–Trinajstić information content (AvgIpc) is 2.61. The highest BCUT2D eigenvalue weighted by atomic mass is 79.9. The molecule has 0 aliphatic rings. The Kier molecular flexibility index (Phi) is 4.08. The zero-order chi connectivity index (χ0) is 12.6. The Morgan fingerprint density at radius 2 is 1.82 bits per heavy atom. The van der Waals surface area contributed by atoms with Crippen LogP contribution in [-0.4, -0.2) is 0 Å². The molecular formula is C13H13Br2NS. The van der Waals surface area contributed by atoms with Crippen LogP contribution in [0.5, 0.6) is 0 Å². The van der Waals surface area contributed by atoms with Crippen molar-refractivity contribution in [2.45, 2.75) is 19.9 Å². The zero-order valence-electron chi connectivity index (χ0n) is 9.63. The molecule has 0 aliphatic heterocycles. The summed E-state index contributed by atoms with van der Waals surface area (Å²) in [5.41, 5.74) is 8.66. The van der Waals surface area contributed by atoms with E-state index in [0.717, 1.165) is 14.5 Å². The Morgan fingerprint density at radius 3 is 2.35 bits per heavy atom. The van der Waals surface area contributed by atoms with Crippen LogP contribution >= 0.6 is 43.2 Å². The first-order valence-electron chi connectivity index (χ1n) is 5.26. The van der Waals surface area contributed by atoms with Crippen molar-refractivity contribution < 1.29 is 0 Å². The van der Waals surface area contributed by atoms with Crippen LogP contribution in [0.15, 0.2) is 33.2 Å². The molecule has 2 N–H and O–H groups in total. The van der Waals surface area contributed by atoms with E-state index in [1.807, 2.05) is 0 Å². The maximum atomic E-state index is 6.31. The summed E-state index contributed by atoms with van der Waals surface area (Å²) in [6.07, 6.45) is 0. The smallest absolute Gasteiger partial charge is 0.0657 e. The SMILES string of the molecule is Cc1cc(Br)c(C(N)c2ccc(C)c(Br)c2)s1. The molecule has 1 aromatic carbocycles. The largest absolute Gasteiger partial charge is 0.320 e. The van der Waals surface area contributed by atoms with Gasteiger partial charge in [-0.3, -0.25) is 0 Å². The molecule has 1 heterocycles. The Hall–Kier alpha value is -0.160. The zero-order valence-corrected chi connectivity index (χ0v) is 13.6. The van der Waals surface area contributed by atoms with Gasteiger partial charge in [-0.2, -0.15) is 0 Å². The number of rotatable bonds is 2. The lowest BCUT2D eigenvalue weighted by Gasteiger charge is -2.12. The molecule has 2 rings (SSSR count). The Balaban J connectivity index is 2.40. The van der Waals surface area contributed by atoms with Crippen molar-refractivity contribution >= 4 is 43.2 Å². The highest BCUT2D eigenvalue weighted by Gasteiger charge is 2.15. The highest BCUT2D eigenvalue weighted by Crippen LogP contribution is 2.35. The van der Waals surface area contributed by atoms with Crippen molar-refractivity contribution in [3.63, 3.8) is 0 Å². The van der Waals surface area contributed by atoms with E-state index in [1.165, 1.54) is 15.3 Å². The lowest BCUT2D eigenvalue weighted by molar-refractivity contribution is 0.887. The fourth-order valence-corrected chi connectivity index (χ4v) is 3.99. The van der Waals surface area contributed by atoms with Crippen molar-refractivity contribution in [1.29, 1.82) is 0 Å². The minimum atomic E-state index is -0.0695. The summed E-state index contributed by atoms with van der Waals surface area (Å²) < 4.78 is 2.21. The molecule has 0 aliphatic carbocycles. The van der Waals surface area contributed by atoms with E-state index >= 15 is 0 Å². The number of nitrogens with two attached hydrogens (primary N) is 1. The molecule has 90 valence electrons. The van der Waals surface area contributed by atoms with Gasteiger partial charge < -0.3 is 5.73 Å². The molecule has 0 radical (unpaired) electrons. The van der Waals surface area contributed by atoms with Crippen molar-refractivity contribution in [3.8, 4) is 0 Å². The molecule has 1 atom stereocenters. The molecule has 17 heavy (non-hydrogen) atoms. The van der Waals surface area contributed by atoms with Crippen LogP contribution in [0.4, 0.5) is 0 Å². The third-order valence-corrected chi connectivity index (χ3v) is 5.58. The van der Waals surface area contributed by atoms with Crippen LogP contribution in [0.3, 0.4) is 0 Å². The van der Waals surface area contributed by atoms with Crippen LogP contribution in [0.1, 0.15) is 26.9 Å². The van der Waals surface area contributed by atoms with Crippen LogP contribution in [0.2, 0.25) is 0 Å². The van der Waals surface area contributed by atoms with E-state index in [9.17, 15) is 0 Å². The van der Waals surface area contributed by atoms with Crippen molar-refractivity contribution in [2.75, 3.05) is 0 Å². The number of benzene rings is 1. The number of thiophene rings is 1. The van der Waals surface area contributed by atoms with Gasteiger partial charge in [0, 0.05) is 18.7 Å². The predicted octanol–water partition coefficient (Wildman–Crippen LogP) is 4.94. The second-order valence-corrected chi connectivity index (χ2v) is 7.05. The minimum absolute atomic E-state index is 0.0695. The van der Waals surface area contributed by atoms with Gasteiger partial charge in [-0.15, -0.1) is 11.3 Å². The van der Waals surface area contributed by atoms with Crippen LogP contribution in [-0.2, 0) is 0 Å². The van der Waals surface area contributed by atoms with Gasteiger partial charge in [-0.05, 0) is 53.0 Å². The number of aryl methyl sites for hydroxylation is 2. The fraction of sp³-hybridized carbons (Fsp3) is 0.231. The molecule has 0 amide bonds. The number of hydrogen-bond donors (Lipinski definition) is 1. The van der Waals surface area contributed by atoms with E-state index in [-0.39, 0.29) is 6.04 Å². The number of halogens is 2. The summed E-state index contributed by atoms with van der Waals surface area (Å²) in [5.74, 6) is 0. The monoisotopic (exact) mass is 373 g/mol. The third kappa shape index (κ3) is 2.81. The van der Waals surface area contributed by atoms with Crippen LogP contribution < -0.4 is 5.73 Å². The molecular weight excluding hydrogens is 362 g/mol. The van der Waals surface area contributed by atoms with Crippen molar-refractivity contribution in [3.05, 3.63) is 54.1 Å². The maximum Gasteiger partial charge on any atom is 0.0657 e. The summed E-state index contributed by atoms with van der Waals surface area (Å²) in [5, 5.41) is 0. The quantitative estimate of drug-likeness (QED) is 0.791. The van der Waals surface area contributed by atoms with Gasteiger partial charge >= 0.3 is 0 Å². The molecule has 0 spiro atoms. The predicted molar refractivity (Wildman–Crippen MR) is 81.7 cm³/mol. The van der Waals surface area contributed by atoms with Crippen LogP contribution in [0.25, 0.3) is 0 Å². The minimum Gasteiger partial charge on any atom is -0.320 e. The molecule has 0 saturated heterocycles. The standard InChI is InChI=1S/C13H13Br2NS/c1-7-3-4-9(6-10(7)14)12(16)13-11(15)5-8(2)17-13/h3-6,12H,16H2,1-2H3. The molecule has 1 nitrogen and oxygen atoms in total. The average molecular weight is 375 g/mol. The van der Waals surface area contributed by atoms with Gasteiger partial charge in [-0.1, -0.05) is 28.1 Å². The first kappa shape index (κ1) is 13.3. The van der Waals surface area contributed by atoms with Crippen molar-refractivity contribution in [2.24, 2.45) is 5.73 Å². The summed E-state index contributed by atoms with van der Waals surface area (Å²) >= 11 is 8.85. The summed E-state index contributed by atoms with van der Waals surface area (Å²) in [6, 6.07) is 8.32. The van der Waals surface area contributed by atoms with Gasteiger partial charge in [0.1, 0.15) is 0 Å². The Labute approximate surface area is 122 Å².